The molecule has 0 bridgehead atoms. The molecule has 0 aliphatic carbocycles. The van der Waals surface area contributed by atoms with Gasteiger partial charge in [0.05, 0.1) is 24.9 Å². The van der Waals surface area contributed by atoms with Gasteiger partial charge in [0.15, 0.2) is 0 Å². The molecule has 0 spiro atoms. The third-order valence-electron chi connectivity index (χ3n) is 5.38. The molecule has 11 heteroatoms. The fourth-order valence-electron chi connectivity index (χ4n) is 3.76. The zero-order chi connectivity index (χ0) is 23.6. The molecular formula is C22H21F3N4O3S. The van der Waals surface area contributed by atoms with Gasteiger partial charge in [0.1, 0.15) is 10.6 Å². The maximum Gasteiger partial charge on any atom is 0.433 e. The van der Waals surface area contributed by atoms with E-state index in [0.29, 0.717) is 53.3 Å². The monoisotopic (exact) mass is 478 g/mol. The molecule has 1 aromatic carbocycles. The second-order valence-corrected chi connectivity index (χ2v) is 8.42. The van der Waals surface area contributed by atoms with E-state index >= 15 is 0 Å². The predicted octanol–water partition coefficient (Wildman–Crippen LogP) is 3.86. The van der Waals surface area contributed by atoms with E-state index in [2.05, 4.69) is 10.3 Å². The first-order chi connectivity index (χ1) is 15.8. The highest BCUT2D eigenvalue weighted by atomic mass is 32.1. The lowest BCUT2D eigenvalue weighted by atomic mass is 10.1. The largest absolute Gasteiger partial charge is 0.465 e. The van der Waals surface area contributed by atoms with Gasteiger partial charge in [-0.3, -0.25) is 9.69 Å². The van der Waals surface area contributed by atoms with Crippen molar-refractivity contribution in [1.82, 2.24) is 9.88 Å². The number of hydrogen-bond donors (Lipinski definition) is 1. The number of carbonyl (C=O) groups is 2. The summed E-state index contributed by atoms with van der Waals surface area (Å²) in [6, 6.07) is 9.50. The minimum absolute atomic E-state index is 0.106. The van der Waals surface area contributed by atoms with E-state index in [4.69, 9.17) is 4.74 Å². The van der Waals surface area contributed by atoms with Crippen molar-refractivity contribution in [2.45, 2.75) is 6.18 Å². The van der Waals surface area contributed by atoms with E-state index in [-0.39, 0.29) is 12.5 Å². The predicted molar refractivity (Wildman–Crippen MR) is 120 cm³/mol. The number of hydrogen-bond acceptors (Lipinski definition) is 7. The van der Waals surface area contributed by atoms with Crippen molar-refractivity contribution in [1.29, 1.82) is 0 Å². The zero-order valence-corrected chi connectivity index (χ0v) is 18.5. The van der Waals surface area contributed by atoms with Gasteiger partial charge in [-0.1, -0.05) is 18.2 Å². The standard InChI is InChI=1S/C22H21F3N4O3S/c1-32-21(31)20-16(6-11-33-20)27-19(30)13-28-7-9-29(10-8-28)17-12-18(22(23,24)25)26-15-5-3-2-4-14(15)17/h2-6,11-12H,7-10,13H2,1H3,(H,27,30). The number of benzene rings is 1. The van der Waals surface area contributed by atoms with Crippen LogP contribution in [0.5, 0.6) is 0 Å². The van der Waals surface area contributed by atoms with Crippen molar-refractivity contribution in [2.24, 2.45) is 0 Å². The first kappa shape index (κ1) is 23.0. The number of halogens is 3. The summed E-state index contributed by atoms with van der Waals surface area (Å²) in [6.07, 6.45) is -4.54. The van der Waals surface area contributed by atoms with Crippen LogP contribution in [0.2, 0.25) is 0 Å². The molecule has 2 aromatic heterocycles. The third-order valence-corrected chi connectivity index (χ3v) is 6.27. The highest BCUT2D eigenvalue weighted by Gasteiger charge is 2.34. The van der Waals surface area contributed by atoms with Crippen LogP contribution in [0.3, 0.4) is 0 Å². The van der Waals surface area contributed by atoms with Gasteiger partial charge in [-0.25, -0.2) is 9.78 Å². The number of thiophene rings is 1. The van der Waals surface area contributed by atoms with Gasteiger partial charge in [0.25, 0.3) is 0 Å². The number of nitrogens with one attached hydrogen (secondary N) is 1. The van der Waals surface area contributed by atoms with Crippen molar-refractivity contribution in [3.05, 3.63) is 52.3 Å². The lowest BCUT2D eigenvalue weighted by Crippen LogP contribution is -2.48. The van der Waals surface area contributed by atoms with Gasteiger partial charge in [0, 0.05) is 37.3 Å². The molecule has 3 aromatic rings. The molecule has 4 rings (SSSR count). The van der Waals surface area contributed by atoms with Crippen LogP contribution in [0.15, 0.2) is 41.8 Å². The highest BCUT2D eigenvalue weighted by molar-refractivity contribution is 7.12. The Labute approximate surface area is 191 Å². The summed E-state index contributed by atoms with van der Waals surface area (Å²) in [5, 5.41) is 5.07. The number of piperazine rings is 1. The second-order valence-electron chi connectivity index (χ2n) is 7.51. The number of alkyl halides is 3. The van der Waals surface area contributed by atoms with Crippen LogP contribution in [-0.2, 0) is 15.7 Å². The van der Waals surface area contributed by atoms with Gasteiger partial charge in [-0.2, -0.15) is 13.2 Å². The molecule has 0 radical (unpaired) electrons. The van der Waals surface area contributed by atoms with Gasteiger partial charge in [-0.05, 0) is 23.6 Å². The van der Waals surface area contributed by atoms with Crippen LogP contribution >= 0.6 is 11.3 Å². The quantitative estimate of drug-likeness (QED) is 0.562. The summed E-state index contributed by atoms with van der Waals surface area (Å²) >= 11 is 1.18. The Morgan fingerprint density at radius 1 is 1.15 bits per heavy atom. The summed E-state index contributed by atoms with van der Waals surface area (Å²) in [7, 11) is 1.27. The van der Waals surface area contributed by atoms with E-state index in [1.807, 2.05) is 9.80 Å². The summed E-state index contributed by atoms with van der Waals surface area (Å²) in [5.41, 5.74) is 0.257. The maximum atomic E-state index is 13.4. The summed E-state index contributed by atoms with van der Waals surface area (Å²) in [4.78, 5) is 32.1. The molecule has 1 aliphatic heterocycles. The van der Waals surface area contributed by atoms with E-state index in [0.717, 1.165) is 6.07 Å². The number of amides is 1. The molecule has 3 heterocycles. The molecule has 0 unspecified atom stereocenters. The lowest BCUT2D eigenvalue weighted by Gasteiger charge is -2.36. The first-order valence-corrected chi connectivity index (χ1v) is 11.0. The molecule has 0 saturated carbocycles. The Morgan fingerprint density at radius 3 is 2.58 bits per heavy atom. The fraction of sp³-hybridized carbons (Fsp3) is 0.318. The molecule has 1 amide bonds. The van der Waals surface area contributed by atoms with Crippen LogP contribution in [-0.4, -0.2) is 61.6 Å². The molecule has 33 heavy (non-hydrogen) atoms. The maximum absolute atomic E-state index is 13.4. The number of rotatable bonds is 5. The Bertz CT molecular complexity index is 1170. The highest BCUT2D eigenvalue weighted by Crippen LogP contribution is 2.35. The number of aromatic nitrogens is 1. The number of methoxy groups -OCH3 is 1. The molecule has 0 atom stereocenters. The Kier molecular flexibility index (Phi) is 6.52. The van der Waals surface area contributed by atoms with E-state index in [1.165, 1.54) is 18.4 Å². The van der Waals surface area contributed by atoms with Gasteiger partial charge < -0.3 is 15.0 Å². The molecular weight excluding hydrogens is 457 g/mol. The third kappa shape index (κ3) is 5.09. The summed E-state index contributed by atoms with van der Waals surface area (Å²) < 4.78 is 44.8. The molecule has 1 fully saturated rings. The van der Waals surface area contributed by atoms with Crippen LogP contribution in [0.4, 0.5) is 24.5 Å². The number of esters is 1. The zero-order valence-electron chi connectivity index (χ0n) is 17.7. The fourth-order valence-corrected chi connectivity index (χ4v) is 4.53. The molecule has 1 aliphatic rings. The summed E-state index contributed by atoms with van der Waals surface area (Å²) in [6.45, 7) is 2.03. The number of para-hydroxylation sites is 1. The minimum atomic E-state index is -4.54. The number of pyridine rings is 1. The van der Waals surface area contributed by atoms with Gasteiger partial charge >= 0.3 is 12.1 Å². The smallest absolute Gasteiger partial charge is 0.433 e. The summed E-state index contributed by atoms with van der Waals surface area (Å²) in [5.74, 6) is -0.794. The second kappa shape index (κ2) is 9.36. The van der Waals surface area contributed by atoms with Crippen LogP contribution in [0.25, 0.3) is 10.9 Å². The Balaban J connectivity index is 1.42. The number of anilines is 2. The Morgan fingerprint density at radius 2 is 1.88 bits per heavy atom. The van der Waals surface area contributed by atoms with Gasteiger partial charge in [0.2, 0.25) is 5.91 Å². The van der Waals surface area contributed by atoms with Crippen LogP contribution in [0, 0.1) is 0 Å². The molecule has 174 valence electrons. The number of nitrogens with zero attached hydrogens (tertiary/aromatic N) is 3. The van der Waals surface area contributed by atoms with Crippen LogP contribution < -0.4 is 10.2 Å². The average molecular weight is 478 g/mol. The topological polar surface area (TPSA) is 74.8 Å². The number of ether oxygens (including phenoxy) is 1. The molecule has 7 nitrogen and oxygen atoms in total. The Hall–Kier alpha value is -3.18. The molecule has 1 N–H and O–H groups in total. The van der Waals surface area contributed by atoms with Gasteiger partial charge in [-0.15, -0.1) is 11.3 Å². The molecule has 1 saturated heterocycles. The van der Waals surface area contributed by atoms with E-state index in [1.54, 1.807) is 35.7 Å². The first-order valence-electron chi connectivity index (χ1n) is 10.2. The van der Waals surface area contributed by atoms with Crippen molar-refractivity contribution >= 4 is 45.5 Å². The van der Waals surface area contributed by atoms with E-state index < -0.39 is 17.8 Å². The number of fused-ring (bicyclic) bond motifs is 1. The van der Waals surface area contributed by atoms with Crippen molar-refractivity contribution in [3.8, 4) is 0 Å². The SMILES string of the molecule is COC(=O)c1sccc1NC(=O)CN1CCN(c2cc(C(F)(F)F)nc3ccccc23)CC1. The van der Waals surface area contributed by atoms with Crippen LogP contribution in [0.1, 0.15) is 15.4 Å². The number of carbonyl (C=O) groups excluding carboxylic acids is 2. The van der Waals surface area contributed by atoms with E-state index in [9.17, 15) is 22.8 Å². The van der Waals surface area contributed by atoms with Crippen molar-refractivity contribution in [3.63, 3.8) is 0 Å². The minimum Gasteiger partial charge on any atom is -0.465 e. The lowest BCUT2D eigenvalue weighted by molar-refractivity contribution is -0.140. The average Bonchev–Trinajstić information content (AvgIpc) is 3.25. The van der Waals surface area contributed by atoms with Crippen molar-refractivity contribution in [2.75, 3.05) is 50.1 Å². The normalized spacial score (nSPS) is 15.0. The van der Waals surface area contributed by atoms with Crippen molar-refractivity contribution < 1.29 is 27.5 Å².